The average Bonchev–Trinajstić information content (AvgIpc) is 3.30. The van der Waals surface area contributed by atoms with E-state index in [1.165, 1.54) is 12.4 Å². The predicted octanol–water partition coefficient (Wildman–Crippen LogP) is 3.37. The van der Waals surface area contributed by atoms with Crippen LogP contribution in [0.3, 0.4) is 0 Å². The van der Waals surface area contributed by atoms with Crippen LogP contribution in [0.4, 0.5) is 29.1 Å². The van der Waals surface area contributed by atoms with Gasteiger partial charge in [-0.15, -0.1) is 0 Å². The highest BCUT2D eigenvalue weighted by Gasteiger charge is 2.31. The fourth-order valence-corrected chi connectivity index (χ4v) is 4.76. The number of rotatable bonds is 8. The Balaban J connectivity index is 1.56. The molecule has 0 amide bonds. The smallest absolute Gasteiger partial charge is 0.261 e. The maximum atomic E-state index is 14.0. The van der Waals surface area contributed by atoms with E-state index < -0.39 is 24.7 Å². The summed E-state index contributed by atoms with van der Waals surface area (Å²) in [5, 5.41) is 0. The summed E-state index contributed by atoms with van der Waals surface area (Å²) in [6.07, 6.45) is 3.48. The number of pyridine rings is 1. The Morgan fingerprint density at radius 2 is 1.92 bits per heavy atom. The van der Waals surface area contributed by atoms with Gasteiger partial charge in [-0.3, -0.25) is 4.98 Å². The number of piperidine rings is 1. The van der Waals surface area contributed by atoms with Crippen LogP contribution in [0.1, 0.15) is 18.4 Å². The van der Waals surface area contributed by atoms with Crippen LogP contribution in [-0.2, 0) is 11.3 Å². The van der Waals surface area contributed by atoms with Crippen molar-refractivity contribution in [2.75, 3.05) is 30.4 Å². The second-order valence-corrected chi connectivity index (χ2v) is 9.13. The van der Waals surface area contributed by atoms with Crippen LogP contribution in [0, 0.1) is 11.6 Å². The minimum absolute atomic E-state index is 0.0215. The third-order valence-corrected chi connectivity index (χ3v) is 6.62. The molecule has 200 valence electrons. The van der Waals surface area contributed by atoms with Crippen LogP contribution in [0.5, 0.6) is 0 Å². The minimum Gasteiger partial charge on any atom is -0.382 e. The van der Waals surface area contributed by atoms with E-state index >= 15 is 0 Å². The number of nitrogens with zero attached hydrogens (tertiary/aromatic N) is 6. The summed E-state index contributed by atoms with van der Waals surface area (Å²) in [6, 6.07) is 4.68. The van der Waals surface area contributed by atoms with Gasteiger partial charge in [0.2, 0.25) is 0 Å². The first-order chi connectivity index (χ1) is 18.3. The molecule has 9 nitrogen and oxygen atoms in total. The molecule has 1 aliphatic heterocycles. The average molecular weight is 531 g/mol. The molecule has 0 spiro atoms. The molecule has 0 saturated carbocycles. The molecule has 4 heterocycles. The van der Waals surface area contributed by atoms with Crippen LogP contribution >= 0.6 is 0 Å². The Morgan fingerprint density at radius 1 is 1.08 bits per heavy atom. The van der Waals surface area contributed by atoms with Gasteiger partial charge in [0.25, 0.3) is 6.43 Å². The van der Waals surface area contributed by atoms with Gasteiger partial charge in [-0.1, -0.05) is 0 Å². The van der Waals surface area contributed by atoms with E-state index in [1.807, 2.05) is 4.90 Å². The van der Waals surface area contributed by atoms with Crippen molar-refractivity contribution in [3.05, 3.63) is 60.3 Å². The zero-order valence-electron chi connectivity index (χ0n) is 20.3. The summed E-state index contributed by atoms with van der Waals surface area (Å²) in [7, 11) is 0. The number of nitrogens with two attached hydrogens (primary N) is 2. The van der Waals surface area contributed by atoms with Crippen LogP contribution < -0.4 is 16.4 Å². The van der Waals surface area contributed by atoms with E-state index in [9.17, 15) is 17.6 Å². The predicted molar refractivity (Wildman–Crippen MR) is 134 cm³/mol. The molecule has 1 aliphatic rings. The molecule has 1 fully saturated rings. The van der Waals surface area contributed by atoms with Crippen molar-refractivity contribution >= 4 is 22.7 Å². The Hall–Kier alpha value is -3.84. The van der Waals surface area contributed by atoms with Crippen molar-refractivity contribution in [2.45, 2.75) is 37.9 Å². The highest BCUT2D eigenvalue weighted by Crippen LogP contribution is 2.32. The normalized spacial score (nSPS) is 18.0. The lowest BCUT2D eigenvalue weighted by Gasteiger charge is -2.42. The Labute approximate surface area is 215 Å². The molecule has 2 atom stereocenters. The van der Waals surface area contributed by atoms with Gasteiger partial charge in [0.05, 0.1) is 43.1 Å². The third-order valence-electron chi connectivity index (χ3n) is 6.62. The van der Waals surface area contributed by atoms with Crippen LogP contribution in [0.2, 0.25) is 0 Å². The van der Waals surface area contributed by atoms with Crippen LogP contribution in [-0.4, -0.2) is 62.8 Å². The topological polar surface area (TPSA) is 121 Å². The fourth-order valence-electron chi connectivity index (χ4n) is 4.76. The number of alkyl halides is 2. The first kappa shape index (κ1) is 25.8. The summed E-state index contributed by atoms with van der Waals surface area (Å²) < 4.78 is 60.1. The van der Waals surface area contributed by atoms with Gasteiger partial charge in [0, 0.05) is 18.2 Å². The first-order valence-electron chi connectivity index (χ1n) is 12.1. The number of imidazole rings is 1. The summed E-state index contributed by atoms with van der Waals surface area (Å²) in [5.41, 5.74) is 15.6. The number of nitrogen functional groups attached to an aromatic ring is 1. The van der Waals surface area contributed by atoms with Gasteiger partial charge in [-0.25, -0.2) is 32.5 Å². The van der Waals surface area contributed by atoms with E-state index in [0.29, 0.717) is 34.7 Å². The molecule has 0 bridgehead atoms. The second-order valence-electron chi connectivity index (χ2n) is 9.13. The molecule has 4 aromatic rings. The molecule has 38 heavy (non-hydrogen) atoms. The number of hydrogen-bond donors (Lipinski definition) is 2. The van der Waals surface area contributed by atoms with E-state index in [1.54, 1.807) is 23.2 Å². The number of anilines is 2. The summed E-state index contributed by atoms with van der Waals surface area (Å²) in [5.74, 6) is -1.70. The maximum Gasteiger partial charge on any atom is 0.261 e. The van der Waals surface area contributed by atoms with Gasteiger partial charge in [0.1, 0.15) is 18.5 Å². The number of ether oxygens (including phenoxy) is 1. The summed E-state index contributed by atoms with van der Waals surface area (Å²) >= 11 is 0. The van der Waals surface area contributed by atoms with Gasteiger partial charge in [0.15, 0.2) is 23.1 Å². The number of fused-ring (bicyclic) bond motifs is 1. The lowest BCUT2D eigenvalue weighted by Crippen LogP contribution is -2.55. The maximum absolute atomic E-state index is 14.0. The zero-order valence-corrected chi connectivity index (χ0v) is 20.3. The van der Waals surface area contributed by atoms with E-state index in [0.717, 1.165) is 30.5 Å². The lowest BCUT2D eigenvalue weighted by molar-refractivity contribution is 0.00837. The second kappa shape index (κ2) is 10.9. The van der Waals surface area contributed by atoms with Crippen molar-refractivity contribution in [3.8, 4) is 11.3 Å². The first-order valence-corrected chi connectivity index (χ1v) is 12.1. The number of aromatic nitrogens is 5. The largest absolute Gasteiger partial charge is 0.382 e. The van der Waals surface area contributed by atoms with Crippen molar-refractivity contribution in [1.82, 2.24) is 24.5 Å². The van der Waals surface area contributed by atoms with Crippen LogP contribution in [0.25, 0.3) is 22.4 Å². The number of hydrogen-bond acceptors (Lipinski definition) is 8. The van der Waals surface area contributed by atoms with Crippen molar-refractivity contribution < 1.29 is 22.3 Å². The molecule has 5 rings (SSSR count). The third kappa shape index (κ3) is 5.24. The van der Waals surface area contributed by atoms with Gasteiger partial charge >= 0.3 is 0 Å². The van der Waals surface area contributed by atoms with Crippen molar-refractivity contribution in [1.29, 1.82) is 0 Å². The molecule has 1 aromatic carbocycles. The molecule has 1 saturated heterocycles. The minimum atomic E-state index is -2.58. The molecule has 0 aliphatic carbocycles. The summed E-state index contributed by atoms with van der Waals surface area (Å²) in [6.45, 7) is 0.222. The Morgan fingerprint density at radius 3 is 2.71 bits per heavy atom. The molecule has 13 heteroatoms. The standard InChI is InChI=1S/C25H26F4N8O/c26-16-4-3-14(6-17(16)27)19-7-15(9-36-13-35-23-24(31)33-12-34-25(23)36)20(8-32-19)37-5-1-2-18(30)21(37)10-38-11-22(28)29/h3-4,6-8,12-13,18,21-22H,1-2,5,9-11,30H2,(H2,31,33,34)/t18-,21?/m1/s1. The fraction of sp³-hybridized carbons (Fsp3) is 0.360. The van der Waals surface area contributed by atoms with Gasteiger partial charge < -0.3 is 25.7 Å². The Bertz CT molecular complexity index is 1430. The van der Waals surface area contributed by atoms with Gasteiger partial charge in [-0.05, 0) is 42.7 Å². The molecule has 1 unspecified atom stereocenters. The highest BCUT2D eigenvalue weighted by atomic mass is 19.3. The lowest BCUT2D eigenvalue weighted by atomic mass is 9.95. The Kier molecular flexibility index (Phi) is 7.38. The molecular weight excluding hydrogens is 504 g/mol. The molecular formula is C25H26F4N8O. The molecule has 3 aromatic heterocycles. The SMILES string of the molecule is Nc1ncnc2c1ncn2Cc1cc(-c2ccc(F)c(F)c2)ncc1N1CCC[C@@H](N)C1COCC(F)F. The molecule has 0 radical (unpaired) electrons. The number of benzene rings is 1. The summed E-state index contributed by atoms with van der Waals surface area (Å²) in [4.78, 5) is 19.1. The highest BCUT2D eigenvalue weighted by molar-refractivity contribution is 5.81. The van der Waals surface area contributed by atoms with E-state index in [4.69, 9.17) is 16.2 Å². The van der Waals surface area contributed by atoms with Crippen LogP contribution in [0.15, 0.2) is 43.1 Å². The number of halogens is 4. The van der Waals surface area contributed by atoms with Crippen molar-refractivity contribution in [3.63, 3.8) is 0 Å². The zero-order chi connectivity index (χ0) is 26.8. The molecule has 4 N–H and O–H groups in total. The van der Waals surface area contributed by atoms with E-state index in [-0.39, 0.29) is 31.1 Å². The van der Waals surface area contributed by atoms with E-state index in [2.05, 4.69) is 19.9 Å². The monoisotopic (exact) mass is 530 g/mol. The van der Waals surface area contributed by atoms with Gasteiger partial charge in [-0.2, -0.15) is 0 Å². The quantitative estimate of drug-likeness (QED) is 0.333. The van der Waals surface area contributed by atoms with Crippen molar-refractivity contribution in [2.24, 2.45) is 5.73 Å².